The van der Waals surface area contributed by atoms with E-state index < -0.39 is 5.91 Å². The van der Waals surface area contributed by atoms with Crippen molar-refractivity contribution in [2.24, 2.45) is 23.1 Å². The quantitative estimate of drug-likeness (QED) is 0.365. The number of hydrogen-bond donors (Lipinski definition) is 2. The van der Waals surface area contributed by atoms with E-state index in [0.717, 1.165) is 0 Å². The highest BCUT2D eigenvalue weighted by Crippen LogP contribution is 2.63. The minimum Gasteiger partial charge on any atom is -0.290 e. The minimum absolute atomic E-state index is 0.115. The number of piperidine rings is 1. The van der Waals surface area contributed by atoms with Crippen LogP contribution in [0.5, 0.6) is 0 Å². The molecule has 2 fully saturated rings. The SMILES string of the molecule is CC1(C)C2C(=O)N(Cc3ccccc3C(=O)NN)C(=O)C21. The number of imide groups is 1. The highest BCUT2D eigenvalue weighted by atomic mass is 16.2. The van der Waals surface area contributed by atoms with Crippen molar-refractivity contribution in [1.29, 1.82) is 0 Å². The molecule has 3 rings (SSSR count). The maximum absolute atomic E-state index is 12.3. The topological polar surface area (TPSA) is 92.5 Å². The van der Waals surface area contributed by atoms with Gasteiger partial charge in [-0.3, -0.25) is 24.7 Å². The molecule has 0 aromatic heterocycles. The second-order valence-corrected chi connectivity index (χ2v) is 6.17. The monoisotopic (exact) mass is 287 g/mol. The van der Waals surface area contributed by atoms with E-state index in [1.165, 1.54) is 4.90 Å². The smallest absolute Gasteiger partial charge is 0.265 e. The van der Waals surface area contributed by atoms with Crippen molar-refractivity contribution in [2.45, 2.75) is 20.4 Å². The molecule has 3 N–H and O–H groups in total. The Morgan fingerprint density at radius 2 is 1.81 bits per heavy atom. The molecule has 1 heterocycles. The number of nitrogens with two attached hydrogens (primary N) is 1. The van der Waals surface area contributed by atoms with Gasteiger partial charge in [0.15, 0.2) is 0 Å². The molecule has 3 amide bonds. The minimum atomic E-state index is -0.435. The predicted molar refractivity (Wildman–Crippen MR) is 74.4 cm³/mol. The number of hydrazine groups is 1. The third-order valence-corrected chi connectivity index (χ3v) is 4.61. The molecular formula is C15H17N3O3. The predicted octanol–water partition coefficient (Wildman–Crippen LogP) is 0.431. The Bertz CT molecular complexity index is 629. The maximum atomic E-state index is 12.3. The van der Waals surface area contributed by atoms with E-state index in [1.807, 2.05) is 13.8 Å². The molecule has 2 aliphatic rings. The molecule has 0 spiro atoms. The van der Waals surface area contributed by atoms with E-state index in [0.29, 0.717) is 11.1 Å². The number of carbonyl (C=O) groups is 3. The van der Waals surface area contributed by atoms with Crippen molar-refractivity contribution >= 4 is 17.7 Å². The first-order chi connectivity index (χ1) is 9.89. The number of carbonyl (C=O) groups excluding carboxylic acids is 3. The molecular weight excluding hydrogens is 270 g/mol. The van der Waals surface area contributed by atoms with Gasteiger partial charge in [0, 0.05) is 5.56 Å². The first-order valence-corrected chi connectivity index (χ1v) is 6.83. The normalized spacial score (nSPS) is 25.8. The Labute approximate surface area is 122 Å². The molecule has 0 bridgehead atoms. The Hall–Kier alpha value is -2.21. The van der Waals surface area contributed by atoms with Crippen LogP contribution >= 0.6 is 0 Å². The second-order valence-electron chi connectivity index (χ2n) is 6.17. The van der Waals surface area contributed by atoms with Crippen molar-refractivity contribution < 1.29 is 14.4 Å². The number of amides is 3. The number of nitrogen functional groups attached to an aromatic ring is 1. The molecule has 1 saturated heterocycles. The van der Waals surface area contributed by atoms with Crippen LogP contribution in [0.3, 0.4) is 0 Å². The van der Waals surface area contributed by atoms with Gasteiger partial charge in [0.05, 0.1) is 18.4 Å². The van der Waals surface area contributed by atoms with E-state index >= 15 is 0 Å². The summed E-state index contributed by atoms with van der Waals surface area (Å²) in [6, 6.07) is 6.81. The Balaban J connectivity index is 1.85. The maximum Gasteiger partial charge on any atom is 0.265 e. The van der Waals surface area contributed by atoms with E-state index in [9.17, 15) is 14.4 Å². The molecule has 1 aliphatic heterocycles. The number of nitrogens with zero attached hydrogens (tertiary/aromatic N) is 1. The van der Waals surface area contributed by atoms with Crippen LogP contribution in [0, 0.1) is 17.3 Å². The lowest BCUT2D eigenvalue weighted by Crippen LogP contribution is -2.37. The average Bonchev–Trinajstić information content (AvgIpc) is 2.94. The number of likely N-dealkylation sites (tertiary alicyclic amines) is 1. The van der Waals surface area contributed by atoms with E-state index in [1.54, 1.807) is 24.3 Å². The first-order valence-electron chi connectivity index (χ1n) is 6.83. The summed E-state index contributed by atoms with van der Waals surface area (Å²) < 4.78 is 0. The molecule has 1 aromatic carbocycles. The summed E-state index contributed by atoms with van der Waals surface area (Å²) in [5.41, 5.74) is 2.84. The fourth-order valence-electron chi connectivity index (χ4n) is 3.29. The van der Waals surface area contributed by atoms with Crippen LogP contribution in [0.1, 0.15) is 29.8 Å². The summed E-state index contributed by atoms with van der Waals surface area (Å²) in [5, 5.41) is 0. The van der Waals surface area contributed by atoms with Gasteiger partial charge < -0.3 is 0 Å². The van der Waals surface area contributed by atoms with Gasteiger partial charge >= 0.3 is 0 Å². The lowest BCUT2D eigenvalue weighted by Gasteiger charge is -2.21. The first kappa shape index (κ1) is 13.8. The van der Waals surface area contributed by atoms with Gasteiger partial charge in [0.25, 0.3) is 5.91 Å². The lowest BCUT2D eigenvalue weighted by atomic mass is 10.0. The molecule has 6 nitrogen and oxygen atoms in total. The van der Waals surface area contributed by atoms with E-state index in [2.05, 4.69) is 5.43 Å². The molecule has 6 heteroatoms. The van der Waals surface area contributed by atoms with Gasteiger partial charge in [-0.15, -0.1) is 0 Å². The average molecular weight is 287 g/mol. The molecule has 1 saturated carbocycles. The zero-order valence-electron chi connectivity index (χ0n) is 11.9. The fraction of sp³-hybridized carbons (Fsp3) is 0.400. The van der Waals surface area contributed by atoms with Crippen LogP contribution in [0.25, 0.3) is 0 Å². The summed E-state index contributed by atoms with van der Waals surface area (Å²) in [6.45, 7) is 3.99. The Morgan fingerprint density at radius 3 is 2.38 bits per heavy atom. The van der Waals surface area contributed by atoms with Crippen molar-refractivity contribution in [3.63, 3.8) is 0 Å². The number of hydrogen-bond acceptors (Lipinski definition) is 4. The zero-order valence-corrected chi connectivity index (χ0v) is 11.9. The van der Waals surface area contributed by atoms with E-state index in [4.69, 9.17) is 5.84 Å². The van der Waals surface area contributed by atoms with Crippen LogP contribution in [-0.2, 0) is 16.1 Å². The number of fused-ring (bicyclic) bond motifs is 1. The largest absolute Gasteiger partial charge is 0.290 e. The van der Waals surface area contributed by atoms with Gasteiger partial charge in [-0.2, -0.15) is 0 Å². The molecule has 21 heavy (non-hydrogen) atoms. The van der Waals surface area contributed by atoms with Gasteiger partial charge in [-0.05, 0) is 17.0 Å². The summed E-state index contributed by atoms with van der Waals surface area (Å²) in [5.74, 6) is 4.02. The van der Waals surface area contributed by atoms with Crippen LogP contribution in [-0.4, -0.2) is 22.6 Å². The summed E-state index contributed by atoms with van der Waals surface area (Å²) >= 11 is 0. The molecule has 2 unspecified atom stereocenters. The molecule has 1 aromatic rings. The van der Waals surface area contributed by atoms with E-state index in [-0.39, 0.29) is 35.6 Å². The Morgan fingerprint density at radius 1 is 1.24 bits per heavy atom. The van der Waals surface area contributed by atoms with Gasteiger partial charge in [-0.25, -0.2) is 5.84 Å². The second kappa shape index (κ2) is 4.39. The van der Waals surface area contributed by atoms with Crippen LogP contribution in [0.4, 0.5) is 0 Å². The van der Waals surface area contributed by atoms with Crippen molar-refractivity contribution in [3.8, 4) is 0 Å². The van der Waals surface area contributed by atoms with Crippen molar-refractivity contribution in [1.82, 2.24) is 10.3 Å². The van der Waals surface area contributed by atoms with Crippen LogP contribution < -0.4 is 11.3 Å². The summed E-state index contributed by atoms with van der Waals surface area (Å²) in [7, 11) is 0. The van der Waals surface area contributed by atoms with Gasteiger partial charge in [0.2, 0.25) is 11.8 Å². The molecule has 2 atom stereocenters. The van der Waals surface area contributed by atoms with Crippen LogP contribution in [0.15, 0.2) is 24.3 Å². The molecule has 110 valence electrons. The number of nitrogens with one attached hydrogen (secondary N) is 1. The highest BCUT2D eigenvalue weighted by Gasteiger charge is 2.72. The molecule has 1 aliphatic carbocycles. The fourth-order valence-corrected chi connectivity index (χ4v) is 3.29. The standard InChI is InChI=1S/C15H17N3O3/c1-15(2)10-11(15)14(21)18(13(10)20)7-8-5-3-4-6-9(8)12(19)17-16/h3-6,10-11H,7,16H2,1-2H3,(H,17,19). The summed E-state index contributed by atoms with van der Waals surface area (Å²) in [4.78, 5) is 37.6. The highest BCUT2D eigenvalue weighted by molar-refractivity contribution is 6.10. The van der Waals surface area contributed by atoms with Crippen molar-refractivity contribution in [3.05, 3.63) is 35.4 Å². The van der Waals surface area contributed by atoms with Gasteiger partial charge in [-0.1, -0.05) is 32.0 Å². The lowest BCUT2D eigenvalue weighted by molar-refractivity contribution is -0.143. The number of rotatable bonds is 3. The zero-order chi connectivity index (χ0) is 15.4. The van der Waals surface area contributed by atoms with Gasteiger partial charge in [0.1, 0.15) is 0 Å². The van der Waals surface area contributed by atoms with Crippen molar-refractivity contribution in [2.75, 3.05) is 0 Å². The number of benzene rings is 1. The third kappa shape index (κ3) is 1.86. The third-order valence-electron chi connectivity index (χ3n) is 4.61. The van der Waals surface area contributed by atoms with Crippen LogP contribution in [0.2, 0.25) is 0 Å². The molecule has 0 radical (unpaired) electrons. The Kier molecular flexibility index (Phi) is 2.88. The summed E-state index contributed by atoms with van der Waals surface area (Å²) in [6.07, 6.45) is 0.